The number of piperazine rings is 1. The van der Waals surface area contributed by atoms with Gasteiger partial charge >= 0.3 is 12.1 Å². The first-order chi connectivity index (χ1) is 17.2. The Morgan fingerprint density at radius 1 is 0.972 bits per heavy atom. The molecule has 1 aliphatic heterocycles. The summed E-state index contributed by atoms with van der Waals surface area (Å²) in [4.78, 5) is 45.9. The van der Waals surface area contributed by atoms with Crippen LogP contribution in [0.4, 0.5) is 22.2 Å². The third-order valence-corrected chi connectivity index (χ3v) is 5.36. The van der Waals surface area contributed by atoms with Crippen molar-refractivity contribution in [3.05, 3.63) is 54.6 Å². The average Bonchev–Trinajstić information content (AvgIpc) is 2.88. The van der Waals surface area contributed by atoms with Gasteiger partial charge in [0.2, 0.25) is 0 Å². The van der Waals surface area contributed by atoms with Crippen molar-refractivity contribution in [1.29, 1.82) is 0 Å². The van der Waals surface area contributed by atoms with Gasteiger partial charge in [0.25, 0.3) is 0 Å². The number of amides is 1. The number of pyridine rings is 2. The number of ether oxygens (including phenoxy) is 2. The van der Waals surface area contributed by atoms with E-state index in [2.05, 4.69) is 30.2 Å². The number of nitrogens with zero attached hydrogens (tertiary/aromatic N) is 6. The zero-order valence-corrected chi connectivity index (χ0v) is 20.8. The standard InChI is InChI=1S/C25H29N7O4/c1-25(2,3)36-24(34)32-11-9-31(10-12-32)22-15-17(5-6-28-22)19-13-18(23(33)35-4)14-20(29-19)30-21-16-26-7-8-27-21/h5-8,13-16H,9-12H2,1-4H3,(H,27,29,30). The number of hydrogen-bond acceptors (Lipinski definition) is 10. The summed E-state index contributed by atoms with van der Waals surface area (Å²) in [6, 6.07) is 7.02. The lowest BCUT2D eigenvalue weighted by atomic mass is 10.1. The molecule has 1 amide bonds. The highest BCUT2D eigenvalue weighted by Crippen LogP contribution is 2.26. The lowest BCUT2D eigenvalue weighted by Gasteiger charge is -2.36. The number of methoxy groups -OCH3 is 1. The van der Waals surface area contributed by atoms with Crippen molar-refractivity contribution in [2.24, 2.45) is 0 Å². The van der Waals surface area contributed by atoms with E-state index < -0.39 is 11.6 Å². The molecule has 3 aromatic heterocycles. The lowest BCUT2D eigenvalue weighted by molar-refractivity contribution is 0.0240. The van der Waals surface area contributed by atoms with E-state index in [1.54, 1.807) is 41.8 Å². The molecular weight excluding hydrogens is 462 g/mol. The van der Waals surface area contributed by atoms with E-state index in [4.69, 9.17) is 9.47 Å². The fourth-order valence-electron chi connectivity index (χ4n) is 3.67. The van der Waals surface area contributed by atoms with E-state index in [-0.39, 0.29) is 6.09 Å². The number of nitrogens with one attached hydrogen (secondary N) is 1. The van der Waals surface area contributed by atoms with Crippen molar-refractivity contribution >= 4 is 29.5 Å². The number of anilines is 3. The van der Waals surface area contributed by atoms with Gasteiger partial charge < -0.3 is 24.6 Å². The van der Waals surface area contributed by atoms with Crippen LogP contribution in [0.3, 0.4) is 0 Å². The highest BCUT2D eigenvalue weighted by atomic mass is 16.6. The van der Waals surface area contributed by atoms with Crippen LogP contribution in [0.5, 0.6) is 0 Å². The molecule has 36 heavy (non-hydrogen) atoms. The first kappa shape index (κ1) is 24.8. The molecule has 11 nitrogen and oxygen atoms in total. The van der Waals surface area contributed by atoms with Gasteiger partial charge in [-0.3, -0.25) is 4.98 Å². The second kappa shape index (κ2) is 10.5. The molecule has 1 N–H and O–H groups in total. The minimum Gasteiger partial charge on any atom is -0.465 e. The van der Waals surface area contributed by atoms with Crippen LogP contribution >= 0.6 is 0 Å². The molecule has 0 atom stereocenters. The molecule has 0 saturated carbocycles. The summed E-state index contributed by atoms with van der Waals surface area (Å²) in [7, 11) is 1.33. The molecule has 1 fully saturated rings. The minimum atomic E-state index is -0.531. The van der Waals surface area contributed by atoms with Gasteiger partial charge in [-0.25, -0.2) is 24.5 Å². The smallest absolute Gasteiger partial charge is 0.410 e. The number of carbonyl (C=O) groups excluding carboxylic acids is 2. The number of esters is 1. The number of carbonyl (C=O) groups is 2. The summed E-state index contributed by atoms with van der Waals surface area (Å²) >= 11 is 0. The molecule has 1 saturated heterocycles. The number of aromatic nitrogens is 4. The second-order valence-electron chi connectivity index (χ2n) is 9.19. The fourth-order valence-corrected chi connectivity index (χ4v) is 3.67. The van der Waals surface area contributed by atoms with E-state index in [0.717, 1.165) is 11.4 Å². The maximum atomic E-state index is 12.4. The molecule has 1 aliphatic rings. The Bertz CT molecular complexity index is 1220. The molecule has 0 unspecified atom stereocenters. The molecule has 0 aromatic carbocycles. The minimum absolute atomic E-state index is 0.309. The normalized spacial score (nSPS) is 13.8. The van der Waals surface area contributed by atoms with Crippen LogP contribution < -0.4 is 10.2 Å². The zero-order valence-electron chi connectivity index (χ0n) is 20.8. The highest BCUT2D eigenvalue weighted by molar-refractivity contribution is 5.92. The van der Waals surface area contributed by atoms with E-state index in [1.807, 2.05) is 32.9 Å². The quantitative estimate of drug-likeness (QED) is 0.530. The van der Waals surface area contributed by atoms with Gasteiger partial charge in [-0.1, -0.05) is 0 Å². The van der Waals surface area contributed by atoms with Crippen molar-refractivity contribution in [2.45, 2.75) is 26.4 Å². The fraction of sp³-hybridized carbons (Fsp3) is 0.360. The van der Waals surface area contributed by atoms with E-state index >= 15 is 0 Å². The first-order valence-electron chi connectivity index (χ1n) is 11.5. The monoisotopic (exact) mass is 491 g/mol. The summed E-state index contributed by atoms with van der Waals surface area (Å²) in [6.45, 7) is 7.86. The van der Waals surface area contributed by atoms with Crippen molar-refractivity contribution in [1.82, 2.24) is 24.8 Å². The van der Waals surface area contributed by atoms with E-state index in [0.29, 0.717) is 49.1 Å². The molecule has 11 heteroatoms. The average molecular weight is 492 g/mol. The Morgan fingerprint density at radius 3 is 2.42 bits per heavy atom. The molecule has 0 spiro atoms. The summed E-state index contributed by atoms with van der Waals surface area (Å²) in [5.41, 5.74) is 1.16. The molecule has 0 bridgehead atoms. The second-order valence-corrected chi connectivity index (χ2v) is 9.19. The van der Waals surface area contributed by atoms with Gasteiger partial charge in [0.1, 0.15) is 23.1 Å². The summed E-state index contributed by atoms with van der Waals surface area (Å²) in [5.74, 6) is 1.20. The van der Waals surface area contributed by atoms with E-state index in [1.165, 1.54) is 7.11 Å². The van der Waals surface area contributed by atoms with Crippen LogP contribution in [0.2, 0.25) is 0 Å². The Balaban J connectivity index is 1.54. The van der Waals surface area contributed by atoms with Crippen molar-refractivity contribution < 1.29 is 19.1 Å². The van der Waals surface area contributed by atoms with Gasteiger partial charge in [-0.2, -0.15) is 0 Å². The molecule has 0 radical (unpaired) electrons. The molecule has 3 aromatic rings. The topological polar surface area (TPSA) is 123 Å². The third kappa shape index (κ3) is 6.23. The van der Waals surface area contributed by atoms with Crippen LogP contribution in [0.25, 0.3) is 11.3 Å². The molecular formula is C25H29N7O4. The maximum Gasteiger partial charge on any atom is 0.410 e. The Kier molecular flexibility index (Phi) is 7.28. The van der Waals surface area contributed by atoms with Gasteiger partial charge in [0.15, 0.2) is 0 Å². The molecule has 4 heterocycles. The van der Waals surface area contributed by atoms with Gasteiger partial charge in [0, 0.05) is 50.3 Å². The maximum absolute atomic E-state index is 12.4. The largest absolute Gasteiger partial charge is 0.465 e. The molecule has 4 rings (SSSR count). The SMILES string of the molecule is COC(=O)c1cc(Nc2cnccn2)nc(-c2ccnc(N3CCN(C(=O)OC(C)(C)C)CC3)c2)c1. The summed E-state index contributed by atoms with van der Waals surface area (Å²) < 4.78 is 10.4. The number of rotatable bonds is 5. The van der Waals surface area contributed by atoms with Crippen LogP contribution in [-0.2, 0) is 9.47 Å². The van der Waals surface area contributed by atoms with Crippen LogP contribution in [0.1, 0.15) is 31.1 Å². The lowest BCUT2D eigenvalue weighted by Crippen LogP contribution is -2.50. The van der Waals surface area contributed by atoms with Crippen molar-refractivity contribution in [3.8, 4) is 11.3 Å². The van der Waals surface area contributed by atoms with Crippen molar-refractivity contribution in [2.75, 3.05) is 43.5 Å². The zero-order chi connectivity index (χ0) is 25.7. The summed E-state index contributed by atoms with van der Waals surface area (Å²) in [5, 5.41) is 3.08. The Labute approximate surface area is 209 Å². The highest BCUT2D eigenvalue weighted by Gasteiger charge is 2.26. The third-order valence-electron chi connectivity index (χ3n) is 5.36. The van der Waals surface area contributed by atoms with Crippen LogP contribution in [-0.4, -0.2) is 75.8 Å². The van der Waals surface area contributed by atoms with Gasteiger partial charge in [0.05, 0.1) is 24.6 Å². The molecule has 0 aliphatic carbocycles. The van der Waals surface area contributed by atoms with E-state index in [9.17, 15) is 9.59 Å². The van der Waals surface area contributed by atoms with Crippen molar-refractivity contribution in [3.63, 3.8) is 0 Å². The molecule has 188 valence electrons. The first-order valence-corrected chi connectivity index (χ1v) is 11.5. The Morgan fingerprint density at radius 2 is 1.75 bits per heavy atom. The van der Waals surface area contributed by atoms with Crippen LogP contribution in [0.15, 0.2) is 49.1 Å². The van der Waals surface area contributed by atoms with Gasteiger partial charge in [-0.15, -0.1) is 0 Å². The Hall–Kier alpha value is -4.28. The van der Waals surface area contributed by atoms with Crippen LogP contribution in [0, 0.1) is 0 Å². The summed E-state index contributed by atoms with van der Waals surface area (Å²) in [6.07, 6.45) is 6.09. The predicted octanol–water partition coefficient (Wildman–Crippen LogP) is 3.52. The predicted molar refractivity (Wildman–Crippen MR) is 134 cm³/mol. The van der Waals surface area contributed by atoms with Gasteiger partial charge in [-0.05, 0) is 45.0 Å². The number of hydrogen-bond donors (Lipinski definition) is 1.